The molecule has 2 amide bonds. The van der Waals surface area contributed by atoms with Crippen molar-refractivity contribution < 1.29 is 22.7 Å². The quantitative estimate of drug-likeness (QED) is 0.855. The van der Waals surface area contributed by atoms with Gasteiger partial charge in [0.15, 0.2) is 0 Å². The maximum Gasteiger partial charge on any atom is 0.573 e. The molecule has 2 rings (SSSR count). The summed E-state index contributed by atoms with van der Waals surface area (Å²) in [6, 6.07) is 15.1. The van der Waals surface area contributed by atoms with E-state index in [1.54, 1.807) is 6.07 Å². The predicted octanol–water partition coefficient (Wildman–Crippen LogP) is 3.97. The Morgan fingerprint density at radius 1 is 1.08 bits per heavy atom. The van der Waals surface area contributed by atoms with Crippen molar-refractivity contribution in [3.05, 3.63) is 65.7 Å². The molecule has 0 aliphatic heterocycles. The molecule has 0 atom stereocenters. The average Bonchev–Trinajstić information content (AvgIpc) is 2.56. The van der Waals surface area contributed by atoms with Crippen molar-refractivity contribution in [2.45, 2.75) is 19.3 Å². The zero-order valence-electron chi connectivity index (χ0n) is 13.7. The molecule has 0 aliphatic carbocycles. The van der Waals surface area contributed by atoms with Crippen LogP contribution in [0.5, 0.6) is 5.75 Å². The third-order valence-electron chi connectivity index (χ3n) is 3.49. The van der Waals surface area contributed by atoms with Crippen LogP contribution in [0.4, 0.5) is 18.0 Å². The summed E-state index contributed by atoms with van der Waals surface area (Å²) in [6.45, 7) is 0.442. The molecule has 0 unspecified atom stereocenters. The first-order valence-corrected chi connectivity index (χ1v) is 7.72. The van der Waals surface area contributed by atoms with Gasteiger partial charge in [0, 0.05) is 19.2 Å². The zero-order valence-corrected chi connectivity index (χ0v) is 13.7. The van der Waals surface area contributed by atoms with Crippen molar-refractivity contribution in [3.8, 4) is 5.75 Å². The van der Waals surface area contributed by atoms with E-state index in [1.165, 1.54) is 30.1 Å². The predicted molar refractivity (Wildman–Crippen MR) is 88.1 cm³/mol. The SMILES string of the molecule is CN(Cc1ccccc1OC(F)(F)F)C(=O)NCCc1ccccc1. The number of hydrogen-bond donors (Lipinski definition) is 1. The number of amides is 2. The lowest BCUT2D eigenvalue weighted by Crippen LogP contribution is -2.38. The number of halogens is 3. The highest BCUT2D eigenvalue weighted by atomic mass is 19.4. The van der Waals surface area contributed by atoms with Crippen LogP contribution in [0.2, 0.25) is 0 Å². The zero-order chi connectivity index (χ0) is 18.3. The van der Waals surface area contributed by atoms with Crippen molar-refractivity contribution in [3.63, 3.8) is 0 Å². The molecule has 4 nitrogen and oxygen atoms in total. The second-order valence-corrected chi connectivity index (χ2v) is 5.48. The normalized spacial score (nSPS) is 11.0. The number of alkyl halides is 3. The van der Waals surface area contributed by atoms with E-state index in [0.29, 0.717) is 13.0 Å². The molecule has 7 heteroatoms. The molecule has 0 bridgehead atoms. The van der Waals surface area contributed by atoms with Gasteiger partial charge in [0.05, 0.1) is 6.54 Å². The third-order valence-corrected chi connectivity index (χ3v) is 3.49. The molecule has 0 aliphatic rings. The molecular weight excluding hydrogens is 333 g/mol. The summed E-state index contributed by atoms with van der Waals surface area (Å²) in [7, 11) is 1.52. The lowest BCUT2D eigenvalue weighted by Gasteiger charge is -2.20. The molecule has 0 heterocycles. The van der Waals surface area contributed by atoms with Gasteiger partial charge >= 0.3 is 12.4 Å². The largest absolute Gasteiger partial charge is 0.573 e. The molecule has 0 spiro atoms. The standard InChI is InChI=1S/C18H19F3N2O2/c1-23(17(24)22-12-11-14-7-3-2-4-8-14)13-15-9-5-6-10-16(15)25-18(19,20)21/h2-10H,11-13H2,1H3,(H,22,24). The fraction of sp³-hybridized carbons (Fsp3) is 0.278. The smallest absolute Gasteiger partial charge is 0.405 e. The number of rotatable bonds is 6. The Hall–Kier alpha value is -2.70. The van der Waals surface area contributed by atoms with Crippen molar-refractivity contribution in [1.82, 2.24) is 10.2 Å². The Bertz CT molecular complexity index is 690. The van der Waals surface area contributed by atoms with E-state index in [0.717, 1.165) is 5.56 Å². The monoisotopic (exact) mass is 352 g/mol. The summed E-state index contributed by atoms with van der Waals surface area (Å²) in [6.07, 6.45) is -4.10. The maximum atomic E-state index is 12.4. The van der Waals surface area contributed by atoms with E-state index in [9.17, 15) is 18.0 Å². The molecule has 0 saturated carbocycles. The fourth-order valence-corrected chi connectivity index (χ4v) is 2.28. The Balaban J connectivity index is 1.88. The Morgan fingerprint density at radius 2 is 1.72 bits per heavy atom. The number of ether oxygens (including phenoxy) is 1. The fourth-order valence-electron chi connectivity index (χ4n) is 2.28. The van der Waals surface area contributed by atoms with E-state index >= 15 is 0 Å². The summed E-state index contributed by atoms with van der Waals surface area (Å²) in [5, 5.41) is 2.74. The number of benzene rings is 2. The van der Waals surface area contributed by atoms with Gasteiger partial charge < -0.3 is 15.0 Å². The van der Waals surface area contributed by atoms with Crippen LogP contribution in [-0.4, -0.2) is 30.9 Å². The highest BCUT2D eigenvalue weighted by Crippen LogP contribution is 2.26. The number of nitrogens with one attached hydrogen (secondary N) is 1. The minimum absolute atomic E-state index is 0.00340. The Morgan fingerprint density at radius 3 is 2.40 bits per heavy atom. The molecule has 2 aromatic carbocycles. The molecule has 25 heavy (non-hydrogen) atoms. The number of nitrogens with zero attached hydrogens (tertiary/aromatic N) is 1. The molecule has 0 aromatic heterocycles. The number of urea groups is 1. The minimum Gasteiger partial charge on any atom is -0.405 e. The van der Waals surface area contributed by atoms with Crippen LogP contribution in [0.1, 0.15) is 11.1 Å². The van der Waals surface area contributed by atoms with Crippen LogP contribution in [0.3, 0.4) is 0 Å². The molecule has 0 fully saturated rings. The van der Waals surface area contributed by atoms with E-state index in [1.807, 2.05) is 30.3 Å². The Labute approximate surface area is 144 Å². The van der Waals surface area contributed by atoms with Gasteiger partial charge in [-0.15, -0.1) is 13.2 Å². The summed E-state index contributed by atoms with van der Waals surface area (Å²) in [4.78, 5) is 13.4. The van der Waals surface area contributed by atoms with Crippen molar-refractivity contribution in [1.29, 1.82) is 0 Å². The van der Waals surface area contributed by atoms with Crippen molar-refractivity contribution in [2.24, 2.45) is 0 Å². The van der Waals surface area contributed by atoms with Crippen molar-refractivity contribution >= 4 is 6.03 Å². The minimum atomic E-state index is -4.77. The first kappa shape index (κ1) is 18.6. The van der Waals surface area contributed by atoms with Crippen LogP contribution >= 0.6 is 0 Å². The molecular formula is C18H19F3N2O2. The lowest BCUT2D eigenvalue weighted by molar-refractivity contribution is -0.275. The lowest BCUT2D eigenvalue weighted by atomic mass is 10.1. The molecule has 134 valence electrons. The third kappa shape index (κ3) is 6.37. The van der Waals surface area contributed by atoms with E-state index < -0.39 is 6.36 Å². The van der Waals surface area contributed by atoms with Gasteiger partial charge in [0.25, 0.3) is 0 Å². The van der Waals surface area contributed by atoms with Gasteiger partial charge in [-0.3, -0.25) is 0 Å². The van der Waals surface area contributed by atoms with Gasteiger partial charge in [-0.1, -0.05) is 48.5 Å². The first-order chi connectivity index (χ1) is 11.8. The maximum absolute atomic E-state index is 12.4. The summed E-state index contributed by atoms with van der Waals surface area (Å²) >= 11 is 0. The van der Waals surface area contributed by atoms with Crippen molar-refractivity contribution in [2.75, 3.05) is 13.6 Å². The van der Waals surface area contributed by atoms with Gasteiger partial charge in [0.2, 0.25) is 0 Å². The van der Waals surface area contributed by atoms with Crippen LogP contribution in [0, 0.1) is 0 Å². The summed E-state index contributed by atoms with van der Waals surface area (Å²) in [5.74, 6) is -0.307. The van der Waals surface area contributed by atoms with E-state index in [4.69, 9.17) is 0 Å². The van der Waals surface area contributed by atoms with Gasteiger partial charge in [0.1, 0.15) is 5.75 Å². The number of carbonyl (C=O) groups is 1. The van der Waals surface area contributed by atoms with Crippen LogP contribution < -0.4 is 10.1 Å². The highest BCUT2D eigenvalue weighted by Gasteiger charge is 2.32. The second kappa shape index (κ2) is 8.41. The van der Waals surface area contributed by atoms with Gasteiger partial charge in [-0.2, -0.15) is 0 Å². The van der Waals surface area contributed by atoms with Crippen LogP contribution in [0.25, 0.3) is 0 Å². The number of carbonyl (C=O) groups excluding carboxylic acids is 1. The second-order valence-electron chi connectivity index (χ2n) is 5.48. The number of para-hydroxylation sites is 1. The topological polar surface area (TPSA) is 41.6 Å². The molecule has 0 saturated heterocycles. The summed E-state index contributed by atoms with van der Waals surface area (Å²) < 4.78 is 41.3. The van der Waals surface area contributed by atoms with Crippen LogP contribution in [0.15, 0.2) is 54.6 Å². The average molecular weight is 352 g/mol. The first-order valence-electron chi connectivity index (χ1n) is 7.72. The van der Waals surface area contributed by atoms with E-state index in [2.05, 4.69) is 10.1 Å². The van der Waals surface area contributed by atoms with Gasteiger partial charge in [-0.25, -0.2) is 4.79 Å². The molecule has 2 aromatic rings. The molecule has 0 radical (unpaired) electrons. The van der Waals surface area contributed by atoms with Gasteiger partial charge in [-0.05, 0) is 18.1 Å². The number of hydrogen-bond acceptors (Lipinski definition) is 2. The van der Waals surface area contributed by atoms with Crippen LogP contribution in [-0.2, 0) is 13.0 Å². The molecule has 1 N–H and O–H groups in total. The summed E-state index contributed by atoms with van der Waals surface area (Å²) in [5.41, 5.74) is 1.37. The highest BCUT2D eigenvalue weighted by molar-refractivity contribution is 5.73. The Kier molecular flexibility index (Phi) is 6.27. The van der Waals surface area contributed by atoms with E-state index in [-0.39, 0.29) is 23.9 Å².